The molecule has 1 atom stereocenters. The second kappa shape index (κ2) is 10.5. The Balaban J connectivity index is 1.39. The fourth-order valence-electron chi connectivity index (χ4n) is 5.41. The topological polar surface area (TPSA) is 104 Å². The minimum absolute atomic E-state index is 0.124. The Bertz CT molecular complexity index is 1590. The van der Waals surface area contributed by atoms with Gasteiger partial charge < -0.3 is 20.2 Å². The summed E-state index contributed by atoms with van der Waals surface area (Å²) in [7, 11) is 2.15. The number of benzene rings is 1. The SMILES string of the molecule is CN1CCN(c2ccc(Nc3ncc4c(=O)n(C5C=CCCC5)n(-c5cccc(C(C)(C)O)n5)c4n3)cc2)CC1. The van der Waals surface area contributed by atoms with Crippen LogP contribution in [0, 0.1) is 0 Å². The highest BCUT2D eigenvalue weighted by Gasteiger charge is 2.25. The van der Waals surface area contributed by atoms with E-state index in [0.717, 1.165) is 51.1 Å². The van der Waals surface area contributed by atoms with Crippen molar-refractivity contribution in [2.45, 2.75) is 44.8 Å². The molecular weight excluding hydrogens is 504 g/mol. The van der Waals surface area contributed by atoms with Gasteiger partial charge in [-0.25, -0.2) is 19.3 Å². The van der Waals surface area contributed by atoms with Gasteiger partial charge in [0.25, 0.3) is 5.56 Å². The molecule has 10 heteroatoms. The number of hydrogen-bond donors (Lipinski definition) is 2. The van der Waals surface area contributed by atoms with Crippen molar-refractivity contribution in [3.63, 3.8) is 0 Å². The molecule has 0 spiro atoms. The van der Waals surface area contributed by atoms with Crippen molar-refractivity contribution >= 4 is 28.4 Å². The number of allylic oxidation sites excluding steroid dienone is 2. The van der Waals surface area contributed by atoms with Gasteiger partial charge >= 0.3 is 0 Å². The van der Waals surface area contributed by atoms with E-state index < -0.39 is 5.60 Å². The second-order valence-electron chi connectivity index (χ2n) is 11.2. The van der Waals surface area contributed by atoms with Gasteiger partial charge in [0.2, 0.25) is 5.95 Å². The molecule has 208 valence electrons. The predicted molar refractivity (Wildman–Crippen MR) is 158 cm³/mol. The van der Waals surface area contributed by atoms with Gasteiger partial charge in [-0.1, -0.05) is 18.2 Å². The number of aromatic nitrogens is 5. The van der Waals surface area contributed by atoms with Crippen molar-refractivity contribution in [1.82, 2.24) is 29.2 Å². The molecule has 1 saturated heterocycles. The molecule has 1 fully saturated rings. The van der Waals surface area contributed by atoms with Crippen LogP contribution in [-0.4, -0.2) is 67.5 Å². The molecule has 2 aliphatic rings. The molecule has 0 radical (unpaired) electrons. The molecule has 4 heterocycles. The van der Waals surface area contributed by atoms with Crippen LogP contribution >= 0.6 is 0 Å². The minimum Gasteiger partial charge on any atom is -0.384 e. The number of aliphatic hydroxyl groups is 1. The molecule has 40 heavy (non-hydrogen) atoms. The third-order valence-corrected chi connectivity index (χ3v) is 7.74. The Morgan fingerprint density at radius 3 is 2.50 bits per heavy atom. The van der Waals surface area contributed by atoms with E-state index in [9.17, 15) is 9.90 Å². The van der Waals surface area contributed by atoms with Gasteiger partial charge in [-0.2, -0.15) is 4.98 Å². The quantitative estimate of drug-likeness (QED) is 0.354. The lowest BCUT2D eigenvalue weighted by Crippen LogP contribution is -2.44. The Morgan fingerprint density at radius 1 is 1.02 bits per heavy atom. The first-order chi connectivity index (χ1) is 19.3. The number of anilines is 3. The van der Waals surface area contributed by atoms with Gasteiger partial charge in [0, 0.05) is 43.8 Å². The molecule has 0 amide bonds. The van der Waals surface area contributed by atoms with Crippen LogP contribution in [0.2, 0.25) is 0 Å². The molecule has 2 N–H and O–H groups in total. The van der Waals surface area contributed by atoms with Gasteiger partial charge in [0.05, 0.1) is 11.7 Å². The van der Waals surface area contributed by atoms with Crippen molar-refractivity contribution in [2.24, 2.45) is 0 Å². The smallest absolute Gasteiger partial charge is 0.278 e. The summed E-state index contributed by atoms with van der Waals surface area (Å²) < 4.78 is 3.50. The first-order valence-corrected chi connectivity index (χ1v) is 14.0. The van der Waals surface area contributed by atoms with E-state index in [-0.39, 0.29) is 11.6 Å². The zero-order chi connectivity index (χ0) is 27.9. The minimum atomic E-state index is -1.13. The second-order valence-corrected chi connectivity index (χ2v) is 11.2. The summed E-state index contributed by atoms with van der Waals surface area (Å²) >= 11 is 0. The molecule has 10 nitrogen and oxygen atoms in total. The van der Waals surface area contributed by atoms with E-state index in [0.29, 0.717) is 28.5 Å². The highest BCUT2D eigenvalue weighted by molar-refractivity contribution is 5.77. The number of hydrogen-bond acceptors (Lipinski definition) is 8. The summed E-state index contributed by atoms with van der Waals surface area (Å²) in [6.07, 6.45) is 8.62. The maximum atomic E-state index is 13.7. The molecule has 4 aromatic rings. The summed E-state index contributed by atoms with van der Waals surface area (Å²) in [5.74, 6) is 0.912. The molecule has 0 bridgehead atoms. The van der Waals surface area contributed by atoms with Gasteiger partial charge in [-0.15, -0.1) is 0 Å². The van der Waals surface area contributed by atoms with Crippen molar-refractivity contribution < 1.29 is 5.11 Å². The van der Waals surface area contributed by atoms with Gasteiger partial charge in [-0.05, 0) is 76.6 Å². The maximum Gasteiger partial charge on any atom is 0.278 e. The molecular formula is C30H36N8O2. The fraction of sp³-hybridized carbons (Fsp3) is 0.400. The number of rotatable bonds is 6. The third-order valence-electron chi connectivity index (χ3n) is 7.74. The lowest BCUT2D eigenvalue weighted by Gasteiger charge is -2.34. The molecule has 1 unspecified atom stereocenters. The third kappa shape index (κ3) is 5.12. The van der Waals surface area contributed by atoms with Crippen LogP contribution in [0.1, 0.15) is 44.8 Å². The van der Waals surface area contributed by atoms with Crippen LogP contribution in [0.25, 0.3) is 16.9 Å². The van der Waals surface area contributed by atoms with Crippen LogP contribution in [0.3, 0.4) is 0 Å². The summed E-state index contributed by atoms with van der Waals surface area (Å²) in [6.45, 7) is 7.53. The average Bonchev–Trinajstić information content (AvgIpc) is 3.25. The Morgan fingerprint density at radius 2 is 1.80 bits per heavy atom. The largest absolute Gasteiger partial charge is 0.384 e. The van der Waals surface area contributed by atoms with Crippen LogP contribution in [-0.2, 0) is 5.60 Å². The normalized spacial score (nSPS) is 18.4. The maximum absolute atomic E-state index is 13.7. The van der Waals surface area contributed by atoms with Gasteiger partial charge in [0.1, 0.15) is 11.0 Å². The lowest BCUT2D eigenvalue weighted by molar-refractivity contribution is 0.0738. The first-order valence-electron chi connectivity index (χ1n) is 14.0. The summed E-state index contributed by atoms with van der Waals surface area (Å²) in [5, 5.41) is 14.4. The molecule has 1 aliphatic carbocycles. The summed E-state index contributed by atoms with van der Waals surface area (Å²) in [6, 6.07) is 13.6. The predicted octanol–water partition coefficient (Wildman–Crippen LogP) is 3.98. The first kappa shape index (κ1) is 26.2. The van der Waals surface area contributed by atoms with E-state index in [1.165, 1.54) is 5.69 Å². The van der Waals surface area contributed by atoms with Crippen molar-refractivity contribution in [3.8, 4) is 5.82 Å². The Kier molecular flexibility index (Phi) is 6.89. The molecule has 6 rings (SSSR count). The number of likely N-dealkylation sites (N-methyl/N-ethyl adjacent to an activating group) is 1. The standard InChI is InChI=1S/C30H36N8O2/c1-30(2,40)25-10-7-11-26(33-25)38-27-24(28(39)37(38)23-8-5-4-6-9-23)20-31-29(34-27)32-21-12-14-22(15-13-21)36-18-16-35(3)17-19-36/h5,7-8,10-15,20,23,40H,4,6,9,16-19H2,1-3H3,(H,31,32,34). The number of nitrogens with one attached hydrogen (secondary N) is 1. The highest BCUT2D eigenvalue weighted by atomic mass is 16.3. The van der Waals surface area contributed by atoms with Crippen LogP contribution in [0.15, 0.2) is 65.6 Å². The number of piperazine rings is 1. The fourth-order valence-corrected chi connectivity index (χ4v) is 5.41. The number of fused-ring (bicyclic) bond motifs is 1. The molecule has 1 aromatic carbocycles. The van der Waals surface area contributed by atoms with E-state index in [1.807, 2.05) is 24.3 Å². The molecule has 1 aliphatic heterocycles. The Labute approximate surface area is 233 Å². The molecule has 0 saturated carbocycles. The number of nitrogens with zero attached hydrogens (tertiary/aromatic N) is 7. The average molecular weight is 541 g/mol. The zero-order valence-electron chi connectivity index (χ0n) is 23.3. The lowest BCUT2D eigenvalue weighted by atomic mass is 10.0. The zero-order valence-corrected chi connectivity index (χ0v) is 23.3. The Hall–Kier alpha value is -4.02. The summed E-state index contributed by atoms with van der Waals surface area (Å²) in [5.41, 5.74) is 1.74. The highest BCUT2D eigenvalue weighted by Crippen LogP contribution is 2.27. The van der Waals surface area contributed by atoms with Gasteiger partial charge in [0.15, 0.2) is 11.5 Å². The van der Waals surface area contributed by atoms with Crippen LogP contribution in [0.4, 0.5) is 17.3 Å². The van der Waals surface area contributed by atoms with Crippen molar-refractivity contribution in [1.29, 1.82) is 0 Å². The number of pyridine rings is 1. The monoisotopic (exact) mass is 540 g/mol. The van der Waals surface area contributed by atoms with E-state index in [4.69, 9.17) is 9.97 Å². The van der Waals surface area contributed by atoms with Gasteiger partial charge in [-0.3, -0.25) is 4.79 Å². The van der Waals surface area contributed by atoms with Crippen molar-refractivity contribution in [2.75, 3.05) is 43.4 Å². The van der Waals surface area contributed by atoms with Crippen LogP contribution in [0.5, 0.6) is 0 Å². The molecule has 3 aromatic heterocycles. The summed E-state index contributed by atoms with van der Waals surface area (Å²) in [4.78, 5) is 32.5. The van der Waals surface area contributed by atoms with E-state index >= 15 is 0 Å². The van der Waals surface area contributed by atoms with Crippen LogP contribution < -0.4 is 15.8 Å². The van der Waals surface area contributed by atoms with Crippen molar-refractivity contribution in [3.05, 3.63) is 76.9 Å². The van der Waals surface area contributed by atoms with E-state index in [1.54, 1.807) is 35.5 Å². The van der Waals surface area contributed by atoms with E-state index in [2.05, 4.69) is 51.4 Å².